The summed E-state index contributed by atoms with van der Waals surface area (Å²) in [7, 11) is 0. The van der Waals surface area contributed by atoms with Gasteiger partial charge in [0.15, 0.2) is 11.6 Å². The lowest BCUT2D eigenvalue weighted by atomic mass is 9.79. The minimum absolute atomic E-state index is 0.0269. The zero-order valence-corrected chi connectivity index (χ0v) is 17.0. The van der Waals surface area contributed by atoms with E-state index in [1.165, 1.54) is 0 Å². The summed E-state index contributed by atoms with van der Waals surface area (Å²) < 4.78 is 23.6. The zero-order valence-electron chi connectivity index (χ0n) is 17.0. The van der Waals surface area contributed by atoms with Crippen LogP contribution in [-0.4, -0.2) is 38.0 Å². The molecular weight excluding hydrogens is 328 g/mol. The molecule has 4 heteroatoms. The zero-order chi connectivity index (χ0) is 19.3. The van der Waals surface area contributed by atoms with Gasteiger partial charge in [-0.2, -0.15) is 0 Å². The van der Waals surface area contributed by atoms with E-state index in [1.807, 2.05) is 39.8 Å². The summed E-state index contributed by atoms with van der Waals surface area (Å²) in [5.74, 6) is -0.988. The Hall–Kier alpha value is -0.940. The van der Waals surface area contributed by atoms with Crippen LogP contribution in [0.5, 0.6) is 0 Å². The Morgan fingerprint density at radius 1 is 0.615 bits per heavy atom. The topological polar surface area (TPSA) is 36.9 Å². The van der Waals surface area contributed by atoms with Gasteiger partial charge < -0.3 is 18.9 Å². The van der Waals surface area contributed by atoms with Crippen molar-refractivity contribution in [2.75, 3.05) is 26.4 Å². The number of allylic oxidation sites excluding steroid dienone is 4. The molecule has 0 aliphatic carbocycles. The predicted molar refractivity (Wildman–Crippen MR) is 105 cm³/mol. The Kier molecular flexibility index (Phi) is 6.89. The highest BCUT2D eigenvalue weighted by Gasteiger charge is 2.40. The van der Waals surface area contributed by atoms with E-state index in [0.29, 0.717) is 26.4 Å². The molecule has 0 N–H and O–H groups in total. The van der Waals surface area contributed by atoms with Gasteiger partial charge in [-0.3, -0.25) is 0 Å². The second kappa shape index (κ2) is 8.39. The Morgan fingerprint density at radius 2 is 0.923 bits per heavy atom. The number of hydrogen-bond acceptors (Lipinski definition) is 4. The fourth-order valence-corrected chi connectivity index (χ4v) is 3.39. The molecule has 4 nitrogen and oxygen atoms in total. The van der Waals surface area contributed by atoms with Crippen LogP contribution >= 0.6 is 0 Å². The summed E-state index contributed by atoms with van der Waals surface area (Å²) in [4.78, 5) is 0. The molecule has 148 valence electrons. The van der Waals surface area contributed by atoms with Crippen molar-refractivity contribution in [3.05, 3.63) is 37.5 Å². The van der Waals surface area contributed by atoms with Gasteiger partial charge in [0.25, 0.3) is 0 Å². The van der Waals surface area contributed by atoms with Gasteiger partial charge in [-0.05, 0) is 53.4 Å². The van der Waals surface area contributed by atoms with Gasteiger partial charge in [-0.1, -0.05) is 24.3 Å². The van der Waals surface area contributed by atoms with Gasteiger partial charge in [-0.25, -0.2) is 0 Å². The van der Waals surface area contributed by atoms with Gasteiger partial charge in [-0.15, -0.1) is 13.2 Å². The summed E-state index contributed by atoms with van der Waals surface area (Å²) in [6.07, 6.45) is 12.0. The monoisotopic (exact) mass is 364 g/mol. The van der Waals surface area contributed by atoms with Crippen LogP contribution in [0.1, 0.15) is 53.4 Å². The molecule has 2 fully saturated rings. The van der Waals surface area contributed by atoms with E-state index in [4.69, 9.17) is 18.9 Å². The molecular formula is C22H36O4. The van der Waals surface area contributed by atoms with E-state index in [1.54, 1.807) is 0 Å². The summed E-state index contributed by atoms with van der Waals surface area (Å²) in [6, 6.07) is 0. The van der Waals surface area contributed by atoms with Crippen LogP contribution < -0.4 is 0 Å². The van der Waals surface area contributed by atoms with Gasteiger partial charge in [0.05, 0.1) is 26.4 Å². The first-order valence-corrected chi connectivity index (χ1v) is 9.58. The molecule has 2 aliphatic heterocycles. The van der Waals surface area contributed by atoms with Crippen LogP contribution in [0, 0.1) is 10.8 Å². The Morgan fingerprint density at radius 3 is 1.19 bits per heavy atom. The Labute approximate surface area is 159 Å². The molecule has 0 aromatic carbocycles. The largest absolute Gasteiger partial charge is 0.350 e. The first-order chi connectivity index (χ1) is 12.2. The van der Waals surface area contributed by atoms with Crippen molar-refractivity contribution in [1.82, 2.24) is 0 Å². The maximum Gasteiger partial charge on any atom is 0.162 e. The molecule has 0 unspecified atom stereocenters. The molecule has 0 spiro atoms. The number of ether oxygens (including phenoxy) is 4. The van der Waals surface area contributed by atoms with Crippen LogP contribution in [0.25, 0.3) is 0 Å². The maximum absolute atomic E-state index is 5.90. The van der Waals surface area contributed by atoms with Crippen LogP contribution in [0.4, 0.5) is 0 Å². The molecule has 0 radical (unpaired) electrons. The Bertz CT molecular complexity index is 452. The highest BCUT2D eigenvalue weighted by Crippen LogP contribution is 2.38. The van der Waals surface area contributed by atoms with Gasteiger partial charge in [0.2, 0.25) is 0 Å². The SMILES string of the molecule is C=CCC1(C/C=C/CC2(CC=C)COC(C)(C)OC2)COC(C)(C)OC1. The second-order valence-corrected chi connectivity index (χ2v) is 8.82. The van der Waals surface area contributed by atoms with Gasteiger partial charge >= 0.3 is 0 Å². The van der Waals surface area contributed by atoms with E-state index in [-0.39, 0.29) is 10.8 Å². The molecule has 0 aromatic heterocycles. The van der Waals surface area contributed by atoms with E-state index in [9.17, 15) is 0 Å². The molecule has 0 bridgehead atoms. The lowest BCUT2D eigenvalue weighted by Crippen LogP contribution is -2.46. The third kappa shape index (κ3) is 5.78. The number of rotatable bonds is 8. The highest BCUT2D eigenvalue weighted by atomic mass is 16.7. The molecule has 2 rings (SSSR count). The minimum Gasteiger partial charge on any atom is -0.350 e. The fraction of sp³-hybridized carbons (Fsp3) is 0.727. The minimum atomic E-state index is -0.494. The molecule has 0 amide bonds. The molecule has 26 heavy (non-hydrogen) atoms. The van der Waals surface area contributed by atoms with Crippen LogP contribution in [-0.2, 0) is 18.9 Å². The van der Waals surface area contributed by atoms with Crippen LogP contribution in [0.15, 0.2) is 37.5 Å². The van der Waals surface area contributed by atoms with E-state index < -0.39 is 11.6 Å². The summed E-state index contributed by atoms with van der Waals surface area (Å²) in [5, 5.41) is 0. The average Bonchev–Trinajstić information content (AvgIpc) is 2.58. The molecule has 0 saturated carbocycles. The second-order valence-electron chi connectivity index (χ2n) is 8.82. The first-order valence-electron chi connectivity index (χ1n) is 9.58. The first kappa shape index (κ1) is 21.4. The molecule has 2 heterocycles. The number of hydrogen-bond donors (Lipinski definition) is 0. The van der Waals surface area contributed by atoms with E-state index in [0.717, 1.165) is 25.7 Å². The van der Waals surface area contributed by atoms with Gasteiger partial charge in [0, 0.05) is 10.8 Å². The van der Waals surface area contributed by atoms with Crippen molar-refractivity contribution in [2.24, 2.45) is 10.8 Å². The average molecular weight is 365 g/mol. The lowest BCUT2D eigenvalue weighted by Gasteiger charge is -2.43. The molecule has 0 aromatic rings. The van der Waals surface area contributed by atoms with Crippen LogP contribution in [0.3, 0.4) is 0 Å². The van der Waals surface area contributed by atoms with Gasteiger partial charge in [0.1, 0.15) is 0 Å². The van der Waals surface area contributed by atoms with Crippen molar-refractivity contribution in [1.29, 1.82) is 0 Å². The summed E-state index contributed by atoms with van der Waals surface area (Å²) >= 11 is 0. The van der Waals surface area contributed by atoms with E-state index in [2.05, 4.69) is 25.3 Å². The standard InChI is InChI=1S/C22H36O4/c1-7-11-21(15-23-19(3,4)24-16-21)13-9-10-14-22(12-8-2)17-25-20(5,6)26-18-22/h7-10H,1-2,11-18H2,3-6H3/b10-9+. The predicted octanol–water partition coefficient (Wildman–Crippen LogP) is 5.01. The third-order valence-corrected chi connectivity index (χ3v) is 5.33. The van der Waals surface area contributed by atoms with Crippen LogP contribution in [0.2, 0.25) is 0 Å². The van der Waals surface area contributed by atoms with Crippen molar-refractivity contribution in [3.8, 4) is 0 Å². The van der Waals surface area contributed by atoms with Crippen molar-refractivity contribution in [2.45, 2.75) is 65.0 Å². The fourth-order valence-electron chi connectivity index (χ4n) is 3.39. The lowest BCUT2D eigenvalue weighted by molar-refractivity contribution is -0.285. The Balaban J connectivity index is 1.94. The normalized spacial score (nSPS) is 26.5. The molecule has 0 atom stereocenters. The summed E-state index contributed by atoms with van der Waals surface area (Å²) in [5.41, 5.74) is -0.0537. The quantitative estimate of drug-likeness (QED) is 0.567. The smallest absolute Gasteiger partial charge is 0.162 e. The molecule has 2 saturated heterocycles. The molecule has 2 aliphatic rings. The third-order valence-electron chi connectivity index (χ3n) is 5.33. The highest BCUT2D eigenvalue weighted by molar-refractivity contribution is 5.00. The summed E-state index contributed by atoms with van der Waals surface area (Å²) in [6.45, 7) is 18.4. The van der Waals surface area contributed by atoms with Crippen molar-refractivity contribution in [3.63, 3.8) is 0 Å². The van der Waals surface area contributed by atoms with Crippen molar-refractivity contribution >= 4 is 0 Å². The van der Waals surface area contributed by atoms with Crippen molar-refractivity contribution < 1.29 is 18.9 Å². The van der Waals surface area contributed by atoms with E-state index >= 15 is 0 Å². The maximum atomic E-state index is 5.90.